The lowest BCUT2D eigenvalue weighted by Crippen LogP contribution is -2.43. The number of halogens is 2. The molecule has 2 aromatic rings. The number of carbonyl (C=O) groups is 1. The summed E-state index contributed by atoms with van der Waals surface area (Å²) < 4.78 is 28.4. The fraction of sp³-hybridized carbons (Fsp3) is 0.250. The van der Waals surface area contributed by atoms with Crippen molar-refractivity contribution in [3.63, 3.8) is 0 Å². The number of nitrogens with zero attached hydrogens (tertiary/aromatic N) is 3. The highest BCUT2D eigenvalue weighted by Crippen LogP contribution is 2.19. The van der Waals surface area contributed by atoms with E-state index in [2.05, 4.69) is 20.9 Å². The Hall–Kier alpha value is -2.35. The van der Waals surface area contributed by atoms with Crippen molar-refractivity contribution < 1.29 is 13.6 Å². The van der Waals surface area contributed by atoms with Crippen LogP contribution in [0.1, 0.15) is 16.5 Å². The maximum Gasteiger partial charge on any atom is 0.277 e. The summed E-state index contributed by atoms with van der Waals surface area (Å²) in [5.41, 5.74) is -0.475. The van der Waals surface area contributed by atoms with Gasteiger partial charge in [-0.15, -0.1) is 5.10 Å². The molecule has 0 atom stereocenters. The highest BCUT2D eigenvalue weighted by Gasteiger charge is 2.22. The molecule has 0 bridgehead atoms. The number of aromatic nitrogens is 3. The molecule has 0 radical (unpaired) electrons. The van der Waals surface area contributed by atoms with Crippen LogP contribution in [-0.4, -0.2) is 34.0 Å². The summed E-state index contributed by atoms with van der Waals surface area (Å²) in [6.45, 7) is 1.51. The molecule has 2 heterocycles. The van der Waals surface area contributed by atoms with Gasteiger partial charge in [0.2, 0.25) is 0 Å². The Morgan fingerprint density at radius 1 is 1.35 bits per heavy atom. The number of amides is 1. The minimum Gasteiger partial charge on any atom is -0.316 e. The van der Waals surface area contributed by atoms with Gasteiger partial charge < -0.3 is 10.6 Å². The summed E-state index contributed by atoms with van der Waals surface area (Å²) >= 11 is 0. The third kappa shape index (κ3) is 2.25. The molecule has 1 saturated heterocycles. The van der Waals surface area contributed by atoms with E-state index in [9.17, 15) is 13.6 Å². The Kier molecular flexibility index (Phi) is 3.15. The van der Waals surface area contributed by atoms with Gasteiger partial charge in [0.25, 0.3) is 5.91 Å². The summed E-state index contributed by atoms with van der Waals surface area (Å²) in [5, 5.41) is 12.8. The predicted octanol–water partition coefficient (Wildman–Crippen LogP) is 0.953. The van der Waals surface area contributed by atoms with Crippen LogP contribution in [0.15, 0.2) is 24.4 Å². The standard InChI is InChI=1S/C12H11F2N5O/c13-8-2-1-3-9(14)11(8)16-12(20)10-6-19(18-17-10)7-4-15-5-7/h1-3,6-7,15H,4-5H2,(H,16,20). The Balaban J connectivity index is 1.77. The molecule has 1 aliphatic rings. The second kappa shape index (κ2) is 4.97. The van der Waals surface area contributed by atoms with Gasteiger partial charge in [0, 0.05) is 13.1 Å². The van der Waals surface area contributed by atoms with Gasteiger partial charge in [-0.25, -0.2) is 13.5 Å². The minimum atomic E-state index is -0.839. The molecule has 0 saturated carbocycles. The molecule has 3 rings (SSSR count). The topological polar surface area (TPSA) is 71.8 Å². The summed E-state index contributed by atoms with van der Waals surface area (Å²) in [6, 6.07) is 3.51. The van der Waals surface area contributed by atoms with Crippen LogP contribution in [0.25, 0.3) is 0 Å². The number of para-hydroxylation sites is 1. The normalized spacial score (nSPS) is 14.9. The fourth-order valence-corrected chi connectivity index (χ4v) is 1.81. The molecule has 1 fully saturated rings. The Morgan fingerprint density at radius 3 is 2.65 bits per heavy atom. The Morgan fingerprint density at radius 2 is 2.05 bits per heavy atom. The SMILES string of the molecule is O=C(Nc1c(F)cccc1F)c1cn(C2CNC2)nn1. The quantitative estimate of drug-likeness (QED) is 0.877. The molecule has 1 aromatic carbocycles. The van der Waals surface area contributed by atoms with E-state index in [0.717, 1.165) is 25.2 Å². The number of benzene rings is 1. The molecule has 1 aromatic heterocycles. The maximum atomic E-state index is 13.4. The van der Waals surface area contributed by atoms with Crippen LogP contribution in [0.2, 0.25) is 0 Å². The molecule has 2 N–H and O–H groups in total. The first-order valence-electron chi connectivity index (χ1n) is 6.03. The van der Waals surface area contributed by atoms with Crippen molar-refractivity contribution in [2.24, 2.45) is 0 Å². The first-order chi connectivity index (χ1) is 9.65. The predicted molar refractivity (Wildman–Crippen MR) is 66.2 cm³/mol. The number of nitrogens with one attached hydrogen (secondary N) is 2. The zero-order valence-electron chi connectivity index (χ0n) is 10.3. The van der Waals surface area contributed by atoms with Gasteiger partial charge in [-0.1, -0.05) is 11.3 Å². The monoisotopic (exact) mass is 279 g/mol. The molecular weight excluding hydrogens is 268 g/mol. The lowest BCUT2D eigenvalue weighted by molar-refractivity contribution is 0.102. The summed E-state index contributed by atoms with van der Waals surface area (Å²) in [5.74, 6) is -2.38. The number of rotatable bonds is 3. The maximum absolute atomic E-state index is 13.4. The number of hydrogen-bond acceptors (Lipinski definition) is 4. The van der Waals surface area contributed by atoms with Crippen molar-refractivity contribution in [2.45, 2.75) is 6.04 Å². The average molecular weight is 279 g/mol. The molecule has 6 nitrogen and oxygen atoms in total. The van der Waals surface area contributed by atoms with Crippen LogP contribution in [0.4, 0.5) is 14.5 Å². The van der Waals surface area contributed by atoms with Gasteiger partial charge >= 0.3 is 0 Å². The number of anilines is 1. The van der Waals surface area contributed by atoms with E-state index >= 15 is 0 Å². The van der Waals surface area contributed by atoms with Gasteiger partial charge in [-0.3, -0.25) is 4.79 Å². The molecule has 1 aliphatic heterocycles. The molecule has 0 aliphatic carbocycles. The van der Waals surface area contributed by atoms with E-state index < -0.39 is 23.2 Å². The molecule has 8 heteroatoms. The molecule has 104 valence electrons. The van der Waals surface area contributed by atoms with Crippen LogP contribution in [-0.2, 0) is 0 Å². The van der Waals surface area contributed by atoms with E-state index in [1.807, 2.05) is 0 Å². The van der Waals surface area contributed by atoms with E-state index in [1.165, 1.54) is 12.3 Å². The van der Waals surface area contributed by atoms with Crippen molar-refractivity contribution in [1.82, 2.24) is 20.3 Å². The first kappa shape index (κ1) is 12.7. The first-order valence-corrected chi connectivity index (χ1v) is 6.03. The highest BCUT2D eigenvalue weighted by atomic mass is 19.1. The van der Waals surface area contributed by atoms with Gasteiger partial charge in [0.15, 0.2) is 5.69 Å². The van der Waals surface area contributed by atoms with E-state index in [-0.39, 0.29) is 11.7 Å². The largest absolute Gasteiger partial charge is 0.316 e. The zero-order chi connectivity index (χ0) is 14.1. The van der Waals surface area contributed by atoms with Crippen molar-refractivity contribution in [1.29, 1.82) is 0 Å². The van der Waals surface area contributed by atoms with Crippen molar-refractivity contribution in [3.8, 4) is 0 Å². The van der Waals surface area contributed by atoms with Crippen LogP contribution in [0.3, 0.4) is 0 Å². The van der Waals surface area contributed by atoms with Crippen molar-refractivity contribution in [2.75, 3.05) is 18.4 Å². The lowest BCUT2D eigenvalue weighted by atomic mass is 10.2. The number of hydrogen-bond donors (Lipinski definition) is 2. The van der Waals surface area contributed by atoms with Crippen LogP contribution < -0.4 is 10.6 Å². The molecule has 20 heavy (non-hydrogen) atoms. The van der Waals surface area contributed by atoms with E-state index in [4.69, 9.17) is 0 Å². The lowest BCUT2D eigenvalue weighted by Gasteiger charge is -2.26. The van der Waals surface area contributed by atoms with Gasteiger partial charge in [-0.2, -0.15) is 0 Å². The Bertz CT molecular complexity index is 633. The third-order valence-corrected chi connectivity index (χ3v) is 3.08. The second-order valence-electron chi connectivity index (χ2n) is 4.45. The molecular formula is C12H11F2N5O. The summed E-state index contributed by atoms with van der Waals surface area (Å²) in [7, 11) is 0. The Labute approximate surface area is 112 Å². The van der Waals surface area contributed by atoms with Gasteiger partial charge in [0.1, 0.15) is 17.3 Å². The van der Waals surface area contributed by atoms with Gasteiger partial charge in [-0.05, 0) is 12.1 Å². The fourth-order valence-electron chi connectivity index (χ4n) is 1.81. The average Bonchev–Trinajstić information content (AvgIpc) is 2.81. The van der Waals surface area contributed by atoms with E-state index in [0.29, 0.717) is 0 Å². The minimum absolute atomic E-state index is 0.0135. The van der Waals surface area contributed by atoms with Crippen LogP contribution >= 0.6 is 0 Å². The number of carbonyl (C=O) groups excluding carboxylic acids is 1. The van der Waals surface area contributed by atoms with E-state index in [1.54, 1.807) is 4.68 Å². The summed E-state index contributed by atoms with van der Waals surface area (Å²) in [4.78, 5) is 11.9. The molecule has 0 spiro atoms. The van der Waals surface area contributed by atoms with Gasteiger partial charge in [0.05, 0.1) is 12.2 Å². The highest BCUT2D eigenvalue weighted by molar-refractivity contribution is 6.02. The third-order valence-electron chi connectivity index (χ3n) is 3.08. The molecule has 1 amide bonds. The van der Waals surface area contributed by atoms with Crippen molar-refractivity contribution in [3.05, 3.63) is 41.7 Å². The smallest absolute Gasteiger partial charge is 0.277 e. The van der Waals surface area contributed by atoms with Crippen molar-refractivity contribution >= 4 is 11.6 Å². The van der Waals surface area contributed by atoms with Crippen LogP contribution in [0, 0.1) is 11.6 Å². The van der Waals surface area contributed by atoms with Crippen LogP contribution in [0.5, 0.6) is 0 Å². The molecule has 0 unspecified atom stereocenters. The second-order valence-corrected chi connectivity index (χ2v) is 4.45. The zero-order valence-corrected chi connectivity index (χ0v) is 10.3. The summed E-state index contributed by atoms with van der Waals surface area (Å²) in [6.07, 6.45) is 1.46.